The van der Waals surface area contributed by atoms with E-state index in [4.69, 9.17) is 4.74 Å². The third-order valence-electron chi connectivity index (χ3n) is 4.65. The lowest BCUT2D eigenvalue weighted by molar-refractivity contribution is -0.136. The van der Waals surface area contributed by atoms with Crippen LogP contribution in [0.5, 0.6) is 5.88 Å². The van der Waals surface area contributed by atoms with E-state index in [1.807, 2.05) is 32.0 Å². The van der Waals surface area contributed by atoms with Crippen molar-refractivity contribution in [3.63, 3.8) is 0 Å². The SMILES string of the molecule is Cc1cccc(C)c1NC(=O)[C@H](C)Oc1cc(C(F)(F)F)c2c(C)nn(C)c2n1. The average Bonchev–Trinajstić information content (AvgIpc) is 2.90. The van der Waals surface area contributed by atoms with E-state index >= 15 is 0 Å². The van der Waals surface area contributed by atoms with Gasteiger partial charge >= 0.3 is 6.18 Å². The molecule has 3 aromatic rings. The van der Waals surface area contributed by atoms with Gasteiger partial charge in [0.05, 0.1) is 16.6 Å². The molecular formula is C20H21F3N4O2. The van der Waals surface area contributed by atoms with Gasteiger partial charge in [-0.1, -0.05) is 18.2 Å². The second-order valence-corrected chi connectivity index (χ2v) is 6.93. The lowest BCUT2D eigenvalue weighted by Gasteiger charge is -2.17. The minimum Gasteiger partial charge on any atom is -0.464 e. The molecule has 0 saturated carbocycles. The van der Waals surface area contributed by atoms with E-state index in [2.05, 4.69) is 15.4 Å². The average molecular weight is 406 g/mol. The highest BCUT2D eigenvalue weighted by atomic mass is 19.4. The number of nitrogens with zero attached hydrogens (tertiary/aromatic N) is 3. The molecule has 2 heterocycles. The Morgan fingerprint density at radius 3 is 2.41 bits per heavy atom. The number of hydrogen-bond acceptors (Lipinski definition) is 4. The van der Waals surface area contributed by atoms with Gasteiger partial charge < -0.3 is 10.1 Å². The minimum absolute atomic E-state index is 0.0367. The van der Waals surface area contributed by atoms with Crippen molar-refractivity contribution in [1.82, 2.24) is 14.8 Å². The number of carbonyl (C=O) groups is 1. The number of amides is 1. The van der Waals surface area contributed by atoms with Gasteiger partial charge in [0.15, 0.2) is 11.8 Å². The summed E-state index contributed by atoms with van der Waals surface area (Å²) in [5.74, 6) is -0.781. The summed E-state index contributed by atoms with van der Waals surface area (Å²) in [6.45, 7) is 6.64. The summed E-state index contributed by atoms with van der Waals surface area (Å²) >= 11 is 0. The first-order chi connectivity index (χ1) is 13.5. The normalized spacial score (nSPS) is 12.8. The van der Waals surface area contributed by atoms with Gasteiger partial charge in [0.1, 0.15) is 0 Å². The van der Waals surface area contributed by atoms with Crippen molar-refractivity contribution in [2.45, 2.75) is 40.0 Å². The maximum Gasteiger partial charge on any atom is 0.417 e. The van der Waals surface area contributed by atoms with Crippen LogP contribution >= 0.6 is 0 Å². The van der Waals surface area contributed by atoms with Crippen LogP contribution in [0.2, 0.25) is 0 Å². The fourth-order valence-electron chi connectivity index (χ4n) is 3.18. The summed E-state index contributed by atoms with van der Waals surface area (Å²) in [6, 6.07) is 6.38. The van der Waals surface area contributed by atoms with Crippen molar-refractivity contribution >= 4 is 22.6 Å². The van der Waals surface area contributed by atoms with Crippen LogP contribution in [0, 0.1) is 20.8 Å². The van der Waals surface area contributed by atoms with Gasteiger partial charge in [-0.3, -0.25) is 9.48 Å². The van der Waals surface area contributed by atoms with Gasteiger partial charge in [-0.15, -0.1) is 0 Å². The number of nitrogens with one attached hydrogen (secondary N) is 1. The zero-order valence-corrected chi connectivity index (χ0v) is 16.7. The van der Waals surface area contributed by atoms with Gasteiger partial charge in [0.2, 0.25) is 5.88 Å². The number of pyridine rings is 1. The highest BCUT2D eigenvalue weighted by Gasteiger charge is 2.36. The first kappa shape index (κ1) is 20.6. The van der Waals surface area contributed by atoms with Crippen LogP contribution in [0.15, 0.2) is 24.3 Å². The number of rotatable bonds is 4. The van der Waals surface area contributed by atoms with Gasteiger partial charge in [-0.25, -0.2) is 0 Å². The van der Waals surface area contributed by atoms with E-state index in [0.717, 1.165) is 17.2 Å². The van der Waals surface area contributed by atoms with Crippen molar-refractivity contribution in [3.05, 3.63) is 46.6 Å². The van der Waals surface area contributed by atoms with Gasteiger partial charge in [0.25, 0.3) is 5.91 Å². The molecular weight excluding hydrogens is 385 g/mol. The quantitative estimate of drug-likeness (QED) is 0.701. The molecule has 1 N–H and O–H groups in total. The number of fused-ring (bicyclic) bond motifs is 1. The number of hydrogen-bond donors (Lipinski definition) is 1. The number of benzene rings is 1. The van der Waals surface area contributed by atoms with Crippen LogP contribution in [0.25, 0.3) is 11.0 Å². The zero-order valence-electron chi connectivity index (χ0n) is 16.7. The summed E-state index contributed by atoms with van der Waals surface area (Å²) < 4.78 is 47.4. The van der Waals surface area contributed by atoms with Crippen LogP contribution in [-0.4, -0.2) is 26.8 Å². The number of aromatic nitrogens is 3. The highest BCUT2D eigenvalue weighted by molar-refractivity contribution is 5.95. The van der Waals surface area contributed by atoms with Gasteiger partial charge in [0, 0.05) is 18.8 Å². The fourth-order valence-corrected chi connectivity index (χ4v) is 3.18. The Kier molecular flexibility index (Phi) is 5.25. The molecule has 0 aliphatic carbocycles. The minimum atomic E-state index is -4.61. The molecule has 0 radical (unpaired) electrons. The van der Waals surface area contributed by atoms with E-state index in [9.17, 15) is 18.0 Å². The number of ether oxygens (including phenoxy) is 1. The number of carbonyl (C=O) groups excluding carboxylic acids is 1. The lowest BCUT2D eigenvalue weighted by atomic mass is 10.1. The number of alkyl halides is 3. The molecule has 0 aliphatic heterocycles. The Bertz CT molecular complexity index is 1070. The Morgan fingerprint density at radius 2 is 1.83 bits per heavy atom. The van der Waals surface area contributed by atoms with Gasteiger partial charge in [-0.05, 0) is 38.8 Å². The van der Waals surface area contributed by atoms with Crippen LogP contribution in [0.3, 0.4) is 0 Å². The van der Waals surface area contributed by atoms with Crippen molar-refractivity contribution in [2.75, 3.05) is 5.32 Å². The van der Waals surface area contributed by atoms with Crippen LogP contribution < -0.4 is 10.1 Å². The molecule has 0 spiro atoms. The standard InChI is InChI=1S/C20H21F3N4O2/c1-10-7-6-8-11(2)17(10)25-19(28)13(4)29-15-9-14(20(21,22)23)16-12(3)26-27(5)18(16)24-15/h6-9,13H,1-5H3,(H,25,28)/t13-/m0/s1. The Hall–Kier alpha value is -3.10. The smallest absolute Gasteiger partial charge is 0.417 e. The largest absolute Gasteiger partial charge is 0.464 e. The highest BCUT2D eigenvalue weighted by Crippen LogP contribution is 2.37. The molecule has 0 saturated heterocycles. The Labute approximate surface area is 165 Å². The molecule has 0 fully saturated rings. The maximum absolute atomic E-state index is 13.6. The third kappa shape index (κ3) is 4.03. The number of anilines is 1. The monoisotopic (exact) mass is 406 g/mol. The second kappa shape index (κ2) is 7.38. The van der Waals surface area contributed by atoms with Crippen LogP contribution in [0.1, 0.15) is 29.3 Å². The molecule has 9 heteroatoms. The summed E-state index contributed by atoms with van der Waals surface area (Å²) in [7, 11) is 1.50. The molecule has 0 bridgehead atoms. The molecule has 1 amide bonds. The maximum atomic E-state index is 13.6. The summed E-state index contributed by atoms with van der Waals surface area (Å²) in [5.41, 5.74) is 1.74. The molecule has 0 unspecified atom stereocenters. The summed E-state index contributed by atoms with van der Waals surface area (Å²) in [4.78, 5) is 16.7. The van der Waals surface area contributed by atoms with E-state index in [0.29, 0.717) is 5.69 Å². The Morgan fingerprint density at radius 1 is 1.21 bits per heavy atom. The molecule has 29 heavy (non-hydrogen) atoms. The predicted molar refractivity (Wildman–Crippen MR) is 103 cm³/mol. The molecule has 0 aliphatic rings. The van der Waals surface area contributed by atoms with Crippen LogP contribution in [0.4, 0.5) is 18.9 Å². The van der Waals surface area contributed by atoms with Crippen molar-refractivity contribution in [2.24, 2.45) is 7.05 Å². The van der Waals surface area contributed by atoms with Crippen molar-refractivity contribution in [1.29, 1.82) is 0 Å². The molecule has 3 rings (SSSR count). The van der Waals surface area contributed by atoms with E-state index in [1.165, 1.54) is 25.6 Å². The third-order valence-corrected chi connectivity index (χ3v) is 4.65. The molecule has 1 aromatic carbocycles. The second-order valence-electron chi connectivity index (χ2n) is 6.93. The zero-order chi connectivity index (χ0) is 21.5. The molecule has 6 nitrogen and oxygen atoms in total. The first-order valence-corrected chi connectivity index (χ1v) is 8.94. The molecule has 154 valence electrons. The first-order valence-electron chi connectivity index (χ1n) is 8.94. The van der Waals surface area contributed by atoms with Crippen molar-refractivity contribution in [3.8, 4) is 5.88 Å². The fraction of sp³-hybridized carbons (Fsp3) is 0.350. The molecule has 1 atom stereocenters. The Balaban J connectivity index is 1.91. The van der Waals surface area contributed by atoms with Crippen molar-refractivity contribution < 1.29 is 22.7 Å². The summed E-state index contributed by atoms with van der Waals surface area (Å²) in [6.07, 6.45) is -5.68. The summed E-state index contributed by atoms with van der Waals surface area (Å²) in [5, 5.41) is 6.70. The van der Waals surface area contributed by atoms with E-state index in [1.54, 1.807) is 0 Å². The van der Waals surface area contributed by atoms with Crippen LogP contribution in [-0.2, 0) is 18.0 Å². The lowest BCUT2D eigenvalue weighted by Crippen LogP contribution is -2.31. The predicted octanol–water partition coefficient (Wildman–Crippen LogP) is 4.32. The number of halogens is 3. The number of aryl methyl sites for hydroxylation is 4. The topological polar surface area (TPSA) is 69.0 Å². The van der Waals surface area contributed by atoms with E-state index in [-0.39, 0.29) is 22.6 Å². The molecule has 2 aromatic heterocycles. The number of para-hydroxylation sites is 1. The van der Waals surface area contributed by atoms with E-state index < -0.39 is 23.8 Å². The van der Waals surface area contributed by atoms with Gasteiger partial charge in [-0.2, -0.15) is 23.3 Å².